The molecule has 1 aliphatic rings. The van der Waals surface area contributed by atoms with Gasteiger partial charge in [-0.1, -0.05) is 6.92 Å². The van der Waals surface area contributed by atoms with Crippen LogP contribution in [0.2, 0.25) is 0 Å². The van der Waals surface area contributed by atoms with Gasteiger partial charge >= 0.3 is 0 Å². The second-order valence-electron chi connectivity index (χ2n) is 3.74. The Hall–Kier alpha value is -0.900. The molecule has 1 aliphatic heterocycles. The predicted octanol–water partition coefficient (Wildman–Crippen LogP) is 1.83. The summed E-state index contributed by atoms with van der Waals surface area (Å²) in [5, 5.41) is 3.48. The van der Waals surface area contributed by atoms with Crippen molar-refractivity contribution in [3.63, 3.8) is 0 Å². The molecule has 2 heterocycles. The van der Waals surface area contributed by atoms with E-state index in [4.69, 9.17) is 5.73 Å². The van der Waals surface area contributed by atoms with Crippen molar-refractivity contribution in [3.05, 3.63) is 18.3 Å². The Bertz CT molecular complexity index is 299. The van der Waals surface area contributed by atoms with Gasteiger partial charge in [-0.15, -0.1) is 0 Å². The average molecular weight is 209 g/mol. The number of aromatic nitrogens is 1. The molecule has 0 saturated carbocycles. The fourth-order valence-corrected chi connectivity index (χ4v) is 2.96. The summed E-state index contributed by atoms with van der Waals surface area (Å²) >= 11 is 2.01. The second-order valence-corrected chi connectivity index (χ2v) is 4.81. The largest absolute Gasteiger partial charge is 0.384 e. The van der Waals surface area contributed by atoms with Crippen molar-refractivity contribution in [3.8, 4) is 0 Å². The third-order valence-electron chi connectivity index (χ3n) is 2.50. The number of anilines is 2. The van der Waals surface area contributed by atoms with Gasteiger partial charge in [0.25, 0.3) is 0 Å². The lowest BCUT2D eigenvalue weighted by molar-refractivity contribution is 0.599. The summed E-state index contributed by atoms with van der Waals surface area (Å²) in [6.07, 6.45) is 1.80. The SMILES string of the molecule is CC1CSCC1Nc1ccc(N)nc1. The van der Waals surface area contributed by atoms with E-state index in [1.807, 2.05) is 23.9 Å². The van der Waals surface area contributed by atoms with Gasteiger partial charge in [0.2, 0.25) is 0 Å². The number of rotatable bonds is 2. The molecule has 1 fully saturated rings. The van der Waals surface area contributed by atoms with Crippen LogP contribution in [-0.2, 0) is 0 Å². The Morgan fingerprint density at radius 1 is 1.50 bits per heavy atom. The van der Waals surface area contributed by atoms with E-state index >= 15 is 0 Å². The molecule has 0 radical (unpaired) electrons. The first kappa shape index (κ1) is 9.65. The van der Waals surface area contributed by atoms with Gasteiger partial charge in [-0.3, -0.25) is 0 Å². The fourth-order valence-electron chi connectivity index (χ4n) is 1.55. The minimum Gasteiger partial charge on any atom is -0.384 e. The molecule has 0 aliphatic carbocycles. The van der Waals surface area contributed by atoms with Gasteiger partial charge in [-0.2, -0.15) is 11.8 Å². The Balaban J connectivity index is 2.00. The number of nitrogens with two attached hydrogens (primary N) is 1. The smallest absolute Gasteiger partial charge is 0.123 e. The van der Waals surface area contributed by atoms with Crippen molar-refractivity contribution in [1.82, 2.24) is 4.98 Å². The van der Waals surface area contributed by atoms with Crippen LogP contribution < -0.4 is 11.1 Å². The van der Waals surface area contributed by atoms with E-state index in [1.54, 1.807) is 6.20 Å². The molecule has 1 aromatic heterocycles. The monoisotopic (exact) mass is 209 g/mol. The van der Waals surface area contributed by atoms with Crippen LogP contribution in [0.4, 0.5) is 11.5 Å². The maximum Gasteiger partial charge on any atom is 0.123 e. The first-order valence-corrected chi connectivity index (χ1v) is 5.97. The number of nitrogens with zero attached hydrogens (tertiary/aromatic N) is 1. The minimum atomic E-state index is 0.574. The summed E-state index contributed by atoms with van der Waals surface area (Å²) in [5.41, 5.74) is 6.59. The molecule has 0 amide bonds. The molecule has 1 aromatic rings. The Morgan fingerprint density at radius 2 is 2.36 bits per heavy atom. The lowest BCUT2D eigenvalue weighted by atomic mass is 10.1. The summed E-state index contributed by atoms with van der Waals surface area (Å²) in [6.45, 7) is 2.28. The Labute approximate surface area is 88.5 Å². The van der Waals surface area contributed by atoms with Gasteiger partial charge in [0.1, 0.15) is 5.82 Å². The molecule has 0 spiro atoms. The zero-order chi connectivity index (χ0) is 9.97. The van der Waals surface area contributed by atoms with Gasteiger partial charge in [0, 0.05) is 11.8 Å². The number of hydrogen-bond acceptors (Lipinski definition) is 4. The van der Waals surface area contributed by atoms with E-state index in [0.717, 1.165) is 11.6 Å². The molecule has 4 heteroatoms. The number of hydrogen-bond donors (Lipinski definition) is 2. The van der Waals surface area contributed by atoms with Crippen LogP contribution in [0.1, 0.15) is 6.92 Å². The second kappa shape index (κ2) is 4.09. The van der Waals surface area contributed by atoms with Gasteiger partial charge in [-0.05, 0) is 23.8 Å². The first-order chi connectivity index (χ1) is 6.75. The molecule has 3 N–H and O–H groups in total. The standard InChI is InChI=1S/C10H15N3S/c1-7-5-14-6-9(7)13-8-2-3-10(11)12-4-8/h2-4,7,9,13H,5-6H2,1H3,(H2,11,12). The molecule has 2 atom stereocenters. The van der Waals surface area contributed by atoms with Crippen LogP contribution in [0.3, 0.4) is 0 Å². The molecular formula is C10H15N3S. The fraction of sp³-hybridized carbons (Fsp3) is 0.500. The van der Waals surface area contributed by atoms with E-state index in [0.29, 0.717) is 11.9 Å². The third kappa shape index (κ3) is 2.12. The minimum absolute atomic E-state index is 0.574. The van der Waals surface area contributed by atoms with Crippen LogP contribution in [-0.4, -0.2) is 22.5 Å². The number of nitrogens with one attached hydrogen (secondary N) is 1. The summed E-state index contributed by atoms with van der Waals surface area (Å²) in [4.78, 5) is 4.05. The van der Waals surface area contributed by atoms with E-state index in [1.165, 1.54) is 11.5 Å². The highest BCUT2D eigenvalue weighted by Gasteiger charge is 2.23. The molecule has 0 bridgehead atoms. The Morgan fingerprint density at radius 3 is 2.93 bits per heavy atom. The predicted molar refractivity (Wildman–Crippen MR) is 62.5 cm³/mol. The molecule has 0 aromatic carbocycles. The summed E-state index contributed by atoms with van der Waals surface area (Å²) < 4.78 is 0. The topological polar surface area (TPSA) is 50.9 Å². The van der Waals surface area contributed by atoms with Crippen LogP contribution >= 0.6 is 11.8 Å². The van der Waals surface area contributed by atoms with Crippen molar-refractivity contribution < 1.29 is 0 Å². The third-order valence-corrected chi connectivity index (χ3v) is 3.86. The van der Waals surface area contributed by atoms with E-state index in [-0.39, 0.29) is 0 Å². The molecule has 14 heavy (non-hydrogen) atoms. The lowest BCUT2D eigenvalue weighted by Gasteiger charge is -2.17. The normalized spacial score (nSPS) is 26.4. The maximum atomic E-state index is 5.52. The Kier molecular flexibility index (Phi) is 2.82. The van der Waals surface area contributed by atoms with Gasteiger partial charge in [0.05, 0.1) is 11.9 Å². The van der Waals surface area contributed by atoms with Crippen molar-refractivity contribution in [2.75, 3.05) is 22.6 Å². The first-order valence-electron chi connectivity index (χ1n) is 4.81. The van der Waals surface area contributed by atoms with Crippen LogP contribution in [0, 0.1) is 5.92 Å². The van der Waals surface area contributed by atoms with Crippen LogP contribution in [0.25, 0.3) is 0 Å². The molecule has 2 unspecified atom stereocenters. The van der Waals surface area contributed by atoms with Crippen molar-refractivity contribution in [1.29, 1.82) is 0 Å². The summed E-state index contributed by atoms with van der Waals surface area (Å²) in [6, 6.07) is 4.39. The van der Waals surface area contributed by atoms with Crippen molar-refractivity contribution in [2.24, 2.45) is 5.92 Å². The quantitative estimate of drug-likeness (QED) is 0.780. The maximum absolute atomic E-state index is 5.52. The average Bonchev–Trinajstić information content (AvgIpc) is 2.56. The highest BCUT2D eigenvalue weighted by Crippen LogP contribution is 2.26. The van der Waals surface area contributed by atoms with E-state index in [9.17, 15) is 0 Å². The number of nitrogen functional groups attached to an aromatic ring is 1. The van der Waals surface area contributed by atoms with Crippen LogP contribution in [0.5, 0.6) is 0 Å². The highest BCUT2D eigenvalue weighted by molar-refractivity contribution is 7.99. The van der Waals surface area contributed by atoms with Crippen molar-refractivity contribution >= 4 is 23.3 Å². The molecule has 3 nitrogen and oxygen atoms in total. The van der Waals surface area contributed by atoms with Gasteiger partial charge < -0.3 is 11.1 Å². The molecule has 2 rings (SSSR count). The molecular weight excluding hydrogens is 194 g/mol. The van der Waals surface area contributed by atoms with Gasteiger partial charge in [-0.25, -0.2) is 4.98 Å². The molecule has 1 saturated heterocycles. The number of pyridine rings is 1. The van der Waals surface area contributed by atoms with Gasteiger partial charge in [0.15, 0.2) is 0 Å². The number of thioether (sulfide) groups is 1. The molecule has 76 valence electrons. The van der Waals surface area contributed by atoms with E-state index < -0.39 is 0 Å². The van der Waals surface area contributed by atoms with E-state index in [2.05, 4.69) is 17.2 Å². The van der Waals surface area contributed by atoms with Crippen LogP contribution in [0.15, 0.2) is 18.3 Å². The zero-order valence-corrected chi connectivity index (χ0v) is 9.05. The summed E-state index contributed by atoms with van der Waals surface area (Å²) in [7, 11) is 0. The highest BCUT2D eigenvalue weighted by atomic mass is 32.2. The lowest BCUT2D eigenvalue weighted by Crippen LogP contribution is -2.25. The summed E-state index contributed by atoms with van der Waals surface area (Å²) in [5.74, 6) is 3.74. The van der Waals surface area contributed by atoms with Crippen molar-refractivity contribution in [2.45, 2.75) is 13.0 Å². The zero-order valence-electron chi connectivity index (χ0n) is 8.23.